The van der Waals surface area contributed by atoms with Crippen LogP contribution in [0.5, 0.6) is 0 Å². The summed E-state index contributed by atoms with van der Waals surface area (Å²) in [5.74, 6) is 0.447. The Morgan fingerprint density at radius 3 is 2.04 bits per heavy atom. The molecular weight excluding hydrogens is 719 g/mol. The van der Waals surface area contributed by atoms with Gasteiger partial charge in [-0.25, -0.2) is 9.78 Å². The van der Waals surface area contributed by atoms with E-state index >= 15 is 0 Å². The number of hydrogen-bond acceptors (Lipinski definition) is 7. The van der Waals surface area contributed by atoms with E-state index in [1.165, 1.54) is 5.57 Å². The molecule has 0 aliphatic carbocycles. The molecule has 4 aromatic rings. The minimum absolute atomic E-state index is 0.0490. The van der Waals surface area contributed by atoms with Gasteiger partial charge in [0, 0.05) is 26.2 Å². The van der Waals surface area contributed by atoms with E-state index < -0.39 is 29.8 Å². The van der Waals surface area contributed by atoms with E-state index in [1.807, 2.05) is 71.6 Å². The fourth-order valence-electron chi connectivity index (χ4n) is 8.23. The maximum Gasteiger partial charge on any atom is 0.408 e. The molecule has 57 heavy (non-hydrogen) atoms. The number of hydrogen-bond donors (Lipinski definition) is 3. The third-order valence-corrected chi connectivity index (χ3v) is 11.1. The van der Waals surface area contributed by atoms with Crippen LogP contribution in [0.15, 0.2) is 97.2 Å². The van der Waals surface area contributed by atoms with Gasteiger partial charge in [-0.05, 0) is 87.7 Å². The van der Waals surface area contributed by atoms with Crippen molar-refractivity contribution in [1.29, 1.82) is 0 Å². The quantitative estimate of drug-likeness (QED) is 0.166. The van der Waals surface area contributed by atoms with Gasteiger partial charge in [0.15, 0.2) is 0 Å². The Morgan fingerprint density at radius 2 is 1.40 bits per heavy atom. The average molecular weight is 772 g/mol. The zero-order valence-corrected chi connectivity index (χ0v) is 33.2. The highest BCUT2D eigenvalue weighted by Crippen LogP contribution is 2.35. The van der Waals surface area contributed by atoms with Crippen molar-refractivity contribution in [1.82, 2.24) is 35.3 Å². The van der Waals surface area contributed by atoms with Gasteiger partial charge in [-0.15, -0.1) is 0 Å². The smallest absolute Gasteiger partial charge is 0.408 e. The van der Waals surface area contributed by atoms with Crippen LogP contribution in [0.25, 0.3) is 16.8 Å². The SMILES string of the molecule is CNC(C(=O)N1CCCC1c1ncc(-c2ccc(C3=CCN(C(=O)C4CCCN4C(=O)C(NC(=O)OC(C)(C)C)c4ccccc4)CC3)cc2)[nH]1)c1ccccc1. The fraction of sp³-hybridized carbons (Fsp3) is 0.400. The van der Waals surface area contributed by atoms with Gasteiger partial charge in [-0.1, -0.05) is 91.0 Å². The number of nitrogens with zero attached hydrogens (tertiary/aromatic N) is 4. The number of nitrogens with one attached hydrogen (secondary N) is 3. The van der Waals surface area contributed by atoms with Gasteiger partial charge >= 0.3 is 6.09 Å². The summed E-state index contributed by atoms with van der Waals surface area (Å²) in [5, 5.41) is 5.97. The van der Waals surface area contributed by atoms with E-state index in [-0.39, 0.29) is 23.8 Å². The molecular formula is C45H53N7O5. The first kappa shape index (κ1) is 39.5. The number of amides is 4. The van der Waals surface area contributed by atoms with E-state index in [2.05, 4.69) is 46.0 Å². The number of carbonyl (C=O) groups excluding carboxylic acids is 4. The second-order valence-corrected chi connectivity index (χ2v) is 16.0. The van der Waals surface area contributed by atoms with Gasteiger partial charge in [-0.2, -0.15) is 0 Å². The Bertz CT molecular complexity index is 2080. The zero-order chi connectivity index (χ0) is 40.1. The van der Waals surface area contributed by atoms with Crippen LogP contribution in [0.1, 0.15) is 93.5 Å². The maximum atomic E-state index is 14.1. The van der Waals surface area contributed by atoms with Crippen LogP contribution in [0.2, 0.25) is 0 Å². The number of alkyl carbamates (subject to hydrolysis) is 1. The van der Waals surface area contributed by atoms with Crippen LogP contribution in [0.4, 0.5) is 4.79 Å². The van der Waals surface area contributed by atoms with Gasteiger partial charge in [0.25, 0.3) is 5.91 Å². The van der Waals surface area contributed by atoms with Crippen molar-refractivity contribution in [3.63, 3.8) is 0 Å². The van der Waals surface area contributed by atoms with E-state index in [9.17, 15) is 19.2 Å². The highest BCUT2D eigenvalue weighted by Gasteiger charge is 2.41. The molecule has 2 saturated heterocycles. The van der Waals surface area contributed by atoms with Crippen molar-refractivity contribution in [2.75, 3.05) is 33.2 Å². The number of H-pyrrole nitrogens is 1. The highest BCUT2D eigenvalue weighted by molar-refractivity contribution is 5.93. The summed E-state index contributed by atoms with van der Waals surface area (Å²) in [7, 11) is 1.82. The molecule has 298 valence electrons. The molecule has 3 N–H and O–H groups in total. The molecule has 4 atom stereocenters. The minimum Gasteiger partial charge on any atom is -0.444 e. The normalized spacial score (nSPS) is 19.5. The van der Waals surface area contributed by atoms with Crippen LogP contribution in [0, 0.1) is 0 Å². The number of likely N-dealkylation sites (tertiary alicyclic amines) is 2. The second kappa shape index (κ2) is 17.2. The van der Waals surface area contributed by atoms with Gasteiger partial charge in [-0.3, -0.25) is 14.4 Å². The maximum absolute atomic E-state index is 14.1. The molecule has 12 nitrogen and oxygen atoms in total. The molecule has 3 aromatic carbocycles. The highest BCUT2D eigenvalue weighted by atomic mass is 16.6. The molecule has 0 radical (unpaired) electrons. The number of aromatic nitrogens is 2. The second-order valence-electron chi connectivity index (χ2n) is 16.0. The van der Waals surface area contributed by atoms with E-state index in [4.69, 9.17) is 9.72 Å². The molecule has 12 heteroatoms. The Balaban J connectivity index is 0.980. The minimum atomic E-state index is -0.976. The molecule has 1 aromatic heterocycles. The third-order valence-electron chi connectivity index (χ3n) is 11.1. The molecule has 2 fully saturated rings. The van der Waals surface area contributed by atoms with E-state index in [1.54, 1.807) is 37.8 Å². The largest absolute Gasteiger partial charge is 0.444 e. The summed E-state index contributed by atoms with van der Waals surface area (Å²) in [6.45, 7) is 7.44. The number of rotatable bonds is 10. The summed E-state index contributed by atoms with van der Waals surface area (Å²) in [5.41, 5.74) is 5.00. The Labute approximate surface area is 334 Å². The number of carbonyl (C=O) groups is 4. The van der Waals surface area contributed by atoms with Crippen LogP contribution < -0.4 is 10.6 Å². The molecule has 7 rings (SSSR count). The van der Waals surface area contributed by atoms with Gasteiger partial charge in [0.05, 0.1) is 17.9 Å². The van der Waals surface area contributed by atoms with Crippen LogP contribution in [0.3, 0.4) is 0 Å². The molecule has 3 aliphatic heterocycles. The number of benzene rings is 3. The van der Waals surface area contributed by atoms with Crippen molar-refractivity contribution >= 4 is 29.4 Å². The predicted molar refractivity (Wildman–Crippen MR) is 218 cm³/mol. The lowest BCUT2D eigenvalue weighted by atomic mass is 9.97. The summed E-state index contributed by atoms with van der Waals surface area (Å²) in [4.78, 5) is 68.1. The molecule has 4 heterocycles. The molecule has 0 saturated carbocycles. The lowest BCUT2D eigenvalue weighted by molar-refractivity contribution is -0.144. The molecule has 3 aliphatic rings. The standard InChI is InChI=1S/C45H53N7O5/c1-45(2,3)57-44(56)49-39(34-15-9-6-10-16-34)43(55)52-26-12-18-37(52)41(53)50-27-23-31(24-28-50)30-19-21-32(22-20-30)35-29-47-40(48-35)36-17-11-25-51(36)42(54)38(46-4)33-13-7-5-8-14-33/h5-10,13-16,19-23,29,36-39,46H,11-12,17-18,24-28H2,1-4H3,(H,47,48)(H,49,56). The van der Waals surface area contributed by atoms with Crippen molar-refractivity contribution in [2.24, 2.45) is 0 Å². The lowest BCUT2D eigenvalue weighted by Gasteiger charge is -2.34. The molecule has 0 bridgehead atoms. The number of likely N-dealkylation sites (N-methyl/N-ethyl adjacent to an activating group) is 1. The molecule has 4 amide bonds. The monoisotopic (exact) mass is 771 g/mol. The topological polar surface area (TPSA) is 140 Å². The Kier molecular flexibility index (Phi) is 11.9. The molecule has 4 unspecified atom stereocenters. The first-order chi connectivity index (χ1) is 27.5. The predicted octanol–water partition coefficient (Wildman–Crippen LogP) is 6.57. The summed E-state index contributed by atoms with van der Waals surface area (Å²) in [6.07, 6.45) is 6.99. The third kappa shape index (κ3) is 8.96. The Hall–Kier alpha value is -5.75. The summed E-state index contributed by atoms with van der Waals surface area (Å²) in [6, 6.07) is 25.1. The van der Waals surface area contributed by atoms with Crippen molar-refractivity contribution < 1.29 is 23.9 Å². The van der Waals surface area contributed by atoms with Gasteiger partial charge < -0.3 is 35.1 Å². The average Bonchev–Trinajstić information content (AvgIpc) is 4.02. The number of ether oxygens (including phenoxy) is 1. The summed E-state index contributed by atoms with van der Waals surface area (Å²) < 4.78 is 5.48. The first-order valence-corrected chi connectivity index (χ1v) is 20.0. The van der Waals surface area contributed by atoms with Crippen LogP contribution >= 0.6 is 0 Å². The van der Waals surface area contributed by atoms with Crippen molar-refractivity contribution in [2.45, 2.75) is 82.6 Å². The Morgan fingerprint density at radius 1 is 0.789 bits per heavy atom. The number of imidazole rings is 1. The fourth-order valence-corrected chi connectivity index (χ4v) is 8.23. The van der Waals surface area contributed by atoms with E-state index in [0.29, 0.717) is 51.0 Å². The zero-order valence-electron chi connectivity index (χ0n) is 33.2. The van der Waals surface area contributed by atoms with Crippen LogP contribution in [-0.2, 0) is 19.1 Å². The van der Waals surface area contributed by atoms with Crippen molar-refractivity contribution in [3.05, 3.63) is 120 Å². The van der Waals surface area contributed by atoms with Crippen LogP contribution in [-0.4, -0.2) is 93.4 Å². The first-order valence-electron chi connectivity index (χ1n) is 20.0. The lowest BCUT2D eigenvalue weighted by Crippen LogP contribution is -2.52. The van der Waals surface area contributed by atoms with Gasteiger partial charge in [0.1, 0.15) is 29.6 Å². The number of aromatic amines is 1. The molecule has 0 spiro atoms. The summed E-state index contributed by atoms with van der Waals surface area (Å²) >= 11 is 0. The van der Waals surface area contributed by atoms with Gasteiger partial charge in [0.2, 0.25) is 11.8 Å². The van der Waals surface area contributed by atoms with E-state index in [0.717, 1.165) is 41.1 Å². The van der Waals surface area contributed by atoms with Crippen molar-refractivity contribution in [3.8, 4) is 11.3 Å².